The van der Waals surface area contributed by atoms with E-state index >= 15 is 0 Å². The van der Waals surface area contributed by atoms with Gasteiger partial charge in [-0.05, 0) is 57.1 Å². The molecule has 0 radical (unpaired) electrons. The van der Waals surface area contributed by atoms with Gasteiger partial charge < -0.3 is 4.74 Å². The summed E-state index contributed by atoms with van der Waals surface area (Å²) in [5.74, 6) is 0. The number of carbonyl (C=O) groups is 1. The van der Waals surface area contributed by atoms with Gasteiger partial charge in [-0.2, -0.15) is 10.1 Å². The van der Waals surface area contributed by atoms with Crippen LogP contribution in [0.15, 0.2) is 58.7 Å². The highest BCUT2D eigenvalue weighted by molar-refractivity contribution is 6.01. The van der Waals surface area contributed by atoms with Crippen LogP contribution in [0.2, 0.25) is 0 Å². The van der Waals surface area contributed by atoms with Crippen molar-refractivity contribution in [3.05, 3.63) is 59.2 Å². The van der Waals surface area contributed by atoms with E-state index in [9.17, 15) is 4.79 Å². The maximum absolute atomic E-state index is 12.2. The Balaban J connectivity index is 1.78. The quantitative estimate of drug-likeness (QED) is 0.719. The molecule has 1 fully saturated rings. The summed E-state index contributed by atoms with van der Waals surface area (Å²) in [6.07, 6.45) is 8.88. The van der Waals surface area contributed by atoms with E-state index in [0.29, 0.717) is 6.61 Å². The van der Waals surface area contributed by atoms with Crippen molar-refractivity contribution < 1.29 is 9.53 Å². The molecule has 0 saturated carbocycles. The van der Waals surface area contributed by atoms with E-state index < -0.39 is 0 Å². The standard InChI is InChI=1S/C21H26N2O2/c1-16(2)12-13-18-10-6-7-11-20(18)22-23-19(15-25-21(23)24)14-17-8-4-3-5-9-17/h3-5,8-10,12,19H,6-7,11,13-15H2,1-2H3/b22-20+/t19-/m0/s1. The molecule has 25 heavy (non-hydrogen) atoms. The molecule has 0 unspecified atom stereocenters. The summed E-state index contributed by atoms with van der Waals surface area (Å²) < 4.78 is 5.27. The number of rotatable bonds is 5. The van der Waals surface area contributed by atoms with E-state index in [1.165, 1.54) is 16.7 Å². The van der Waals surface area contributed by atoms with Crippen LogP contribution in [0.1, 0.15) is 45.1 Å². The summed E-state index contributed by atoms with van der Waals surface area (Å²) in [5, 5.41) is 6.29. The molecule has 1 atom stereocenters. The zero-order valence-corrected chi connectivity index (χ0v) is 15.1. The van der Waals surface area contributed by atoms with Crippen molar-refractivity contribution in [2.24, 2.45) is 5.10 Å². The summed E-state index contributed by atoms with van der Waals surface area (Å²) in [6, 6.07) is 10.2. The Bertz CT molecular complexity index is 700. The molecule has 2 aliphatic rings. The molecule has 1 aromatic rings. The molecular formula is C21H26N2O2. The summed E-state index contributed by atoms with van der Waals surface area (Å²) in [7, 11) is 0. The lowest BCUT2D eigenvalue weighted by Gasteiger charge is -2.21. The predicted molar refractivity (Wildman–Crippen MR) is 101 cm³/mol. The molecule has 1 amide bonds. The van der Waals surface area contributed by atoms with Crippen molar-refractivity contribution in [3.8, 4) is 0 Å². The number of allylic oxidation sites excluding steroid dienone is 4. The Morgan fingerprint density at radius 3 is 2.88 bits per heavy atom. The first-order chi connectivity index (χ1) is 12.1. The minimum Gasteiger partial charge on any atom is -0.446 e. The van der Waals surface area contributed by atoms with Gasteiger partial charge in [0.15, 0.2) is 0 Å². The van der Waals surface area contributed by atoms with Crippen LogP contribution in [-0.2, 0) is 11.2 Å². The van der Waals surface area contributed by atoms with Gasteiger partial charge in [0.2, 0.25) is 0 Å². The van der Waals surface area contributed by atoms with E-state index in [-0.39, 0.29) is 12.1 Å². The highest BCUT2D eigenvalue weighted by Crippen LogP contribution is 2.23. The van der Waals surface area contributed by atoms with Gasteiger partial charge in [-0.25, -0.2) is 4.79 Å². The Morgan fingerprint density at radius 2 is 2.12 bits per heavy atom. The molecule has 1 aliphatic carbocycles. The molecule has 1 aliphatic heterocycles. The van der Waals surface area contributed by atoms with E-state index in [2.05, 4.69) is 38.1 Å². The third-order valence-electron chi connectivity index (χ3n) is 4.58. The predicted octanol–water partition coefficient (Wildman–Crippen LogP) is 4.87. The zero-order valence-electron chi connectivity index (χ0n) is 15.1. The first kappa shape index (κ1) is 17.5. The molecule has 0 bridgehead atoms. The normalized spacial score (nSPS) is 21.9. The summed E-state index contributed by atoms with van der Waals surface area (Å²) in [4.78, 5) is 12.2. The van der Waals surface area contributed by atoms with E-state index in [1.807, 2.05) is 18.2 Å². The van der Waals surface area contributed by atoms with Gasteiger partial charge >= 0.3 is 6.09 Å². The van der Waals surface area contributed by atoms with Crippen molar-refractivity contribution in [3.63, 3.8) is 0 Å². The SMILES string of the molecule is CC(C)=CCC1=CCCC/C1=N\N1C(=O)OC[C@@H]1Cc1ccccc1. The third kappa shape index (κ3) is 4.59. The number of hydrogen-bond donors (Lipinski definition) is 0. The fourth-order valence-corrected chi connectivity index (χ4v) is 3.19. The molecule has 132 valence electrons. The van der Waals surface area contributed by atoms with Gasteiger partial charge in [0.25, 0.3) is 0 Å². The number of carbonyl (C=O) groups excluding carboxylic acids is 1. The van der Waals surface area contributed by atoms with Gasteiger partial charge in [-0.15, -0.1) is 0 Å². The van der Waals surface area contributed by atoms with Crippen LogP contribution in [0.3, 0.4) is 0 Å². The van der Waals surface area contributed by atoms with Crippen LogP contribution in [0.4, 0.5) is 4.79 Å². The van der Waals surface area contributed by atoms with Crippen LogP contribution in [0.5, 0.6) is 0 Å². The summed E-state index contributed by atoms with van der Waals surface area (Å²) >= 11 is 0. The largest absolute Gasteiger partial charge is 0.446 e. The second-order valence-electron chi connectivity index (χ2n) is 6.92. The average Bonchev–Trinajstić information content (AvgIpc) is 2.95. The maximum atomic E-state index is 12.2. The van der Waals surface area contributed by atoms with Crippen LogP contribution < -0.4 is 0 Å². The van der Waals surface area contributed by atoms with Gasteiger partial charge in [-0.1, -0.05) is 48.1 Å². The van der Waals surface area contributed by atoms with Gasteiger partial charge in [0.05, 0.1) is 11.8 Å². The molecule has 0 N–H and O–H groups in total. The van der Waals surface area contributed by atoms with Crippen molar-refractivity contribution in [2.75, 3.05) is 6.61 Å². The lowest BCUT2D eigenvalue weighted by atomic mass is 9.94. The second-order valence-corrected chi connectivity index (χ2v) is 6.92. The number of ether oxygens (including phenoxy) is 1. The lowest BCUT2D eigenvalue weighted by molar-refractivity contribution is 0.158. The number of benzene rings is 1. The second kappa shape index (κ2) is 8.15. The average molecular weight is 338 g/mol. The lowest BCUT2D eigenvalue weighted by Crippen LogP contribution is -2.32. The third-order valence-corrected chi connectivity index (χ3v) is 4.58. The molecule has 0 aromatic heterocycles. The minimum absolute atomic E-state index is 0.0333. The van der Waals surface area contributed by atoms with E-state index in [0.717, 1.165) is 37.8 Å². The molecule has 4 nitrogen and oxygen atoms in total. The van der Waals surface area contributed by atoms with Crippen LogP contribution in [0, 0.1) is 0 Å². The van der Waals surface area contributed by atoms with Gasteiger partial charge in [0.1, 0.15) is 6.61 Å². The molecular weight excluding hydrogens is 312 g/mol. The molecule has 1 saturated heterocycles. The maximum Gasteiger partial charge on any atom is 0.430 e. The Kier molecular flexibility index (Phi) is 5.69. The number of nitrogens with zero attached hydrogens (tertiary/aromatic N) is 2. The van der Waals surface area contributed by atoms with Crippen molar-refractivity contribution >= 4 is 11.8 Å². The van der Waals surface area contributed by atoms with Gasteiger partial charge in [-0.3, -0.25) is 0 Å². The monoisotopic (exact) mass is 338 g/mol. The Hall–Kier alpha value is -2.36. The van der Waals surface area contributed by atoms with Crippen LogP contribution in [0.25, 0.3) is 0 Å². The van der Waals surface area contributed by atoms with Crippen LogP contribution >= 0.6 is 0 Å². The van der Waals surface area contributed by atoms with Crippen LogP contribution in [-0.4, -0.2) is 29.5 Å². The number of hydrazone groups is 1. The first-order valence-electron chi connectivity index (χ1n) is 9.03. The minimum atomic E-state index is -0.333. The fraction of sp³-hybridized carbons (Fsp3) is 0.429. The van der Waals surface area contributed by atoms with Crippen molar-refractivity contribution in [1.82, 2.24) is 5.01 Å². The highest BCUT2D eigenvalue weighted by atomic mass is 16.6. The zero-order chi connectivity index (χ0) is 17.6. The number of cyclic esters (lactones) is 1. The number of hydrogen-bond acceptors (Lipinski definition) is 3. The van der Waals surface area contributed by atoms with Crippen molar-refractivity contribution in [1.29, 1.82) is 0 Å². The molecule has 1 aromatic carbocycles. The Morgan fingerprint density at radius 1 is 1.32 bits per heavy atom. The molecule has 3 rings (SSSR count). The van der Waals surface area contributed by atoms with Gasteiger partial charge in [0, 0.05) is 0 Å². The first-order valence-corrected chi connectivity index (χ1v) is 9.03. The highest BCUT2D eigenvalue weighted by Gasteiger charge is 2.34. The van der Waals surface area contributed by atoms with Crippen molar-refractivity contribution in [2.45, 2.75) is 52.0 Å². The Labute approximate surface area is 149 Å². The summed E-state index contributed by atoms with van der Waals surface area (Å²) in [5.41, 5.74) is 4.76. The fourth-order valence-electron chi connectivity index (χ4n) is 3.19. The smallest absolute Gasteiger partial charge is 0.430 e. The summed E-state index contributed by atoms with van der Waals surface area (Å²) in [6.45, 7) is 4.61. The number of amides is 1. The molecule has 0 spiro atoms. The molecule has 4 heteroatoms. The molecule has 1 heterocycles. The van der Waals surface area contributed by atoms with E-state index in [4.69, 9.17) is 9.84 Å². The topological polar surface area (TPSA) is 41.9 Å². The van der Waals surface area contributed by atoms with E-state index in [1.54, 1.807) is 5.01 Å².